The standard InChI is InChI=1S/C15H11BrClNO2S/c1-7-3-9-11(18-7)5-10(15(20-2)13(9)17)14(19)8-4-12(16)21-6-8/h3-4,6H,5H2,1-2H3. The minimum absolute atomic E-state index is 0.0711. The lowest BCUT2D eigenvalue weighted by atomic mass is 9.91. The first-order valence-electron chi connectivity index (χ1n) is 6.23. The first-order valence-corrected chi connectivity index (χ1v) is 8.28. The maximum atomic E-state index is 12.7. The molecule has 2 heterocycles. The molecule has 0 bridgehead atoms. The third-order valence-electron chi connectivity index (χ3n) is 3.34. The van der Waals surface area contributed by atoms with Gasteiger partial charge in [0.15, 0.2) is 5.78 Å². The van der Waals surface area contributed by atoms with Crippen LogP contribution in [-0.2, 0) is 4.74 Å². The molecule has 3 rings (SSSR count). The Labute approximate surface area is 139 Å². The van der Waals surface area contributed by atoms with Crippen molar-refractivity contribution in [2.75, 3.05) is 7.11 Å². The summed E-state index contributed by atoms with van der Waals surface area (Å²) >= 11 is 11.2. The molecule has 1 aromatic rings. The van der Waals surface area contributed by atoms with Crippen molar-refractivity contribution in [1.29, 1.82) is 0 Å². The smallest absolute Gasteiger partial charge is 0.194 e. The molecule has 0 aromatic carbocycles. The van der Waals surface area contributed by atoms with Crippen molar-refractivity contribution in [2.45, 2.75) is 13.3 Å². The number of aliphatic imine (C=N–C) groups is 1. The van der Waals surface area contributed by atoms with Crippen LogP contribution in [0.15, 0.2) is 53.9 Å². The second-order valence-electron chi connectivity index (χ2n) is 4.73. The van der Waals surface area contributed by atoms with Crippen molar-refractivity contribution in [3.05, 3.63) is 54.5 Å². The van der Waals surface area contributed by atoms with Crippen LogP contribution in [0, 0.1) is 0 Å². The van der Waals surface area contributed by atoms with Crippen molar-refractivity contribution in [2.24, 2.45) is 4.99 Å². The van der Waals surface area contributed by atoms with Gasteiger partial charge in [-0.1, -0.05) is 11.6 Å². The van der Waals surface area contributed by atoms with Crippen LogP contribution in [-0.4, -0.2) is 18.6 Å². The van der Waals surface area contributed by atoms with E-state index in [-0.39, 0.29) is 5.78 Å². The number of methoxy groups -OCH3 is 1. The van der Waals surface area contributed by atoms with Gasteiger partial charge in [-0.15, -0.1) is 11.3 Å². The van der Waals surface area contributed by atoms with Crippen LogP contribution >= 0.6 is 38.9 Å². The van der Waals surface area contributed by atoms with Crippen LogP contribution in [0.2, 0.25) is 0 Å². The minimum Gasteiger partial charge on any atom is -0.495 e. The van der Waals surface area contributed by atoms with Gasteiger partial charge >= 0.3 is 0 Å². The Bertz CT molecular complexity index is 770. The molecule has 0 saturated carbocycles. The fourth-order valence-corrected chi connectivity index (χ4v) is 3.92. The molecule has 0 fully saturated rings. The largest absolute Gasteiger partial charge is 0.495 e. The topological polar surface area (TPSA) is 38.7 Å². The average molecular weight is 385 g/mol. The van der Waals surface area contributed by atoms with E-state index in [0.29, 0.717) is 28.3 Å². The molecule has 0 amide bonds. The molecule has 0 N–H and O–H groups in total. The molecule has 0 atom stereocenters. The second-order valence-corrected chi connectivity index (χ2v) is 7.40. The Kier molecular flexibility index (Phi) is 3.90. The van der Waals surface area contributed by atoms with Gasteiger partial charge < -0.3 is 4.74 Å². The summed E-state index contributed by atoms with van der Waals surface area (Å²) in [5.41, 5.74) is 3.76. The lowest BCUT2D eigenvalue weighted by molar-refractivity contribution is 0.102. The summed E-state index contributed by atoms with van der Waals surface area (Å²) in [5, 5.41) is 2.27. The van der Waals surface area contributed by atoms with Crippen LogP contribution in [0.3, 0.4) is 0 Å². The highest BCUT2D eigenvalue weighted by atomic mass is 79.9. The van der Waals surface area contributed by atoms with Crippen molar-refractivity contribution in [3.63, 3.8) is 0 Å². The minimum atomic E-state index is -0.0711. The van der Waals surface area contributed by atoms with Crippen molar-refractivity contribution in [1.82, 2.24) is 0 Å². The van der Waals surface area contributed by atoms with Gasteiger partial charge in [0.2, 0.25) is 0 Å². The summed E-state index contributed by atoms with van der Waals surface area (Å²) < 4.78 is 6.30. The zero-order valence-corrected chi connectivity index (χ0v) is 14.5. The van der Waals surface area contributed by atoms with E-state index < -0.39 is 0 Å². The number of ketones is 1. The lowest BCUT2D eigenvalue weighted by Gasteiger charge is -2.19. The molecule has 1 aliphatic carbocycles. The van der Waals surface area contributed by atoms with Gasteiger partial charge in [0.25, 0.3) is 0 Å². The number of hydrogen-bond acceptors (Lipinski definition) is 4. The predicted octanol–water partition coefficient (Wildman–Crippen LogP) is 4.85. The van der Waals surface area contributed by atoms with E-state index in [4.69, 9.17) is 16.3 Å². The van der Waals surface area contributed by atoms with Gasteiger partial charge in [0, 0.05) is 34.2 Å². The van der Waals surface area contributed by atoms with Gasteiger partial charge in [-0.2, -0.15) is 0 Å². The molecular formula is C15H11BrClNO2S. The Morgan fingerprint density at radius 3 is 2.90 bits per heavy atom. The summed E-state index contributed by atoms with van der Waals surface area (Å²) in [4.78, 5) is 17.1. The van der Waals surface area contributed by atoms with E-state index >= 15 is 0 Å². The monoisotopic (exact) mass is 383 g/mol. The molecule has 0 spiro atoms. The van der Waals surface area contributed by atoms with Crippen LogP contribution in [0.4, 0.5) is 0 Å². The SMILES string of the molecule is COC1=C(C(=O)c2csc(Br)c2)CC2=NC(C)=CC2=C1Cl. The number of carbonyl (C=O) groups excluding carboxylic acids is 1. The van der Waals surface area contributed by atoms with Crippen molar-refractivity contribution >= 4 is 50.4 Å². The van der Waals surface area contributed by atoms with Gasteiger partial charge in [0.1, 0.15) is 5.76 Å². The van der Waals surface area contributed by atoms with Gasteiger partial charge in [-0.3, -0.25) is 9.79 Å². The quantitative estimate of drug-likeness (QED) is 0.699. The number of carbonyl (C=O) groups is 1. The van der Waals surface area contributed by atoms with Crippen LogP contribution in [0.1, 0.15) is 23.7 Å². The van der Waals surface area contributed by atoms with E-state index in [1.807, 2.05) is 18.4 Å². The number of fused-ring (bicyclic) bond motifs is 1. The molecule has 2 aliphatic rings. The maximum absolute atomic E-state index is 12.7. The zero-order chi connectivity index (χ0) is 15.1. The molecule has 1 aliphatic heterocycles. The van der Waals surface area contributed by atoms with Crippen LogP contribution < -0.4 is 0 Å². The Morgan fingerprint density at radius 1 is 1.52 bits per heavy atom. The number of Topliss-reactive ketones (excluding diaryl/α,β-unsaturated/α-hetero) is 1. The fourth-order valence-electron chi connectivity index (χ4n) is 2.42. The second kappa shape index (κ2) is 5.55. The highest BCUT2D eigenvalue weighted by Crippen LogP contribution is 2.38. The number of hydrogen-bond donors (Lipinski definition) is 0. The molecule has 21 heavy (non-hydrogen) atoms. The molecule has 3 nitrogen and oxygen atoms in total. The number of thiophene rings is 1. The summed E-state index contributed by atoms with van der Waals surface area (Å²) in [6, 6.07) is 1.81. The van der Waals surface area contributed by atoms with E-state index in [2.05, 4.69) is 20.9 Å². The third kappa shape index (κ3) is 2.54. The molecule has 108 valence electrons. The van der Waals surface area contributed by atoms with Crippen LogP contribution in [0.25, 0.3) is 0 Å². The molecule has 0 unspecified atom stereocenters. The van der Waals surface area contributed by atoms with Crippen LogP contribution in [0.5, 0.6) is 0 Å². The van der Waals surface area contributed by atoms with Crippen molar-refractivity contribution in [3.8, 4) is 0 Å². The summed E-state index contributed by atoms with van der Waals surface area (Å²) in [5.74, 6) is 0.377. The normalized spacial score (nSPS) is 17.7. The number of ether oxygens (including phenoxy) is 1. The Morgan fingerprint density at radius 2 is 2.29 bits per heavy atom. The number of halogens is 2. The van der Waals surface area contributed by atoms with E-state index in [1.165, 1.54) is 18.4 Å². The molecule has 1 aromatic heterocycles. The van der Waals surface area contributed by atoms with Gasteiger partial charge in [-0.25, -0.2) is 0 Å². The molecule has 0 radical (unpaired) electrons. The molecule has 6 heteroatoms. The molecule has 0 saturated heterocycles. The van der Waals surface area contributed by atoms with E-state index in [9.17, 15) is 4.79 Å². The summed E-state index contributed by atoms with van der Waals surface area (Å²) in [7, 11) is 1.53. The van der Waals surface area contributed by atoms with Gasteiger partial charge in [-0.05, 0) is 35.0 Å². The lowest BCUT2D eigenvalue weighted by Crippen LogP contribution is -2.17. The number of allylic oxidation sites excluding steroid dienone is 5. The van der Waals surface area contributed by atoms with E-state index in [0.717, 1.165) is 20.8 Å². The third-order valence-corrected chi connectivity index (χ3v) is 5.22. The summed E-state index contributed by atoms with van der Waals surface area (Å²) in [6.07, 6.45) is 2.36. The first-order chi connectivity index (χ1) is 10.0. The zero-order valence-electron chi connectivity index (χ0n) is 11.4. The fraction of sp³-hybridized carbons (Fsp3) is 0.200. The Hall–Kier alpha value is -1.17. The first kappa shape index (κ1) is 14.8. The van der Waals surface area contributed by atoms with Crippen molar-refractivity contribution < 1.29 is 9.53 Å². The number of nitrogens with zero attached hydrogens (tertiary/aromatic N) is 1. The highest BCUT2D eigenvalue weighted by molar-refractivity contribution is 9.11. The van der Waals surface area contributed by atoms with E-state index in [1.54, 1.807) is 6.07 Å². The molecular weight excluding hydrogens is 374 g/mol. The predicted molar refractivity (Wildman–Crippen MR) is 89.1 cm³/mol. The maximum Gasteiger partial charge on any atom is 0.194 e. The highest BCUT2D eigenvalue weighted by Gasteiger charge is 2.31. The Balaban J connectivity index is 2.08. The summed E-state index contributed by atoms with van der Waals surface area (Å²) in [6.45, 7) is 1.91. The average Bonchev–Trinajstić information content (AvgIpc) is 3.03. The van der Waals surface area contributed by atoms with Gasteiger partial charge in [0.05, 0.1) is 21.6 Å². The number of rotatable bonds is 3.